The molecule has 4 aromatic rings. The first-order valence-corrected chi connectivity index (χ1v) is 10.2. The van der Waals surface area contributed by atoms with Gasteiger partial charge < -0.3 is 20.0 Å². The monoisotopic (exact) mass is 401 g/mol. The van der Waals surface area contributed by atoms with Crippen molar-refractivity contribution in [1.29, 1.82) is 0 Å². The van der Waals surface area contributed by atoms with Gasteiger partial charge in [0.1, 0.15) is 6.26 Å². The number of hydrogen-bond donors (Lipinski definition) is 3. The first-order valence-electron chi connectivity index (χ1n) is 10.2. The number of rotatable bonds is 7. The first-order chi connectivity index (χ1) is 14.7. The second-order valence-corrected chi connectivity index (χ2v) is 7.33. The van der Waals surface area contributed by atoms with E-state index in [1.165, 1.54) is 22.0 Å². The van der Waals surface area contributed by atoms with Gasteiger partial charge >= 0.3 is 0 Å². The average molecular weight is 402 g/mol. The van der Waals surface area contributed by atoms with Gasteiger partial charge in [-0.15, -0.1) is 0 Å². The zero-order chi connectivity index (χ0) is 20.8. The summed E-state index contributed by atoms with van der Waals surface area (Å²) in [7, 11) is 1.77. The maximum Gasteiger partial charge on any atom is 0.226 e. The van der Waals surface area contributed by atoms with Crippen molar-refractivity contribution in [3.05, 3.63) is 77.8 Å². The topological polar surface area (TPSA) is 78.2 Å². The van der Waals surface area contributed by atoms with Crippen LogP contribution in [0.4, 0.5) is 0 Å². The van der Waals surface area contributed by atoms with E-state index in [1.54, 1.807) is 13.3 Å². The van der Waals surface area contributed by atoms with E-state index in [0.717, 1.165) is 36.6 Å². The summed E-state index contributed by atoms with van der Waals surface area (Å²) in [6.07, 6.45) is 5.82. The zero-order valence-corrected chi connectivity index (χ0v) is 17.4. The molecule has 0 spiro atoms. The van der Waals surface area contributed by atoms with Crippen molar-refractivity contribution >= 4 is 16.9 Å². The molecule has 0 bridgehead atoms. The van der Waals surface area contributed by atoms with Crippen molar-refractivity contribution in [1.82, 2.24) is 20.6 Å². The highest BCUT2D eigenvalue weighted by atomic mass is 16.3. The van der Waals surface area contributed by atoms with Gasteiger partial charge in [0.2, 0.25) is 5.89 Å². The van der Waals surface area contributed by atoms with Gasteiger partial charge in [-0.2, -0.15) is 0 Å². The third-order valence-electron chi connectivity index (χ3n) is 5.10. The van der Waals surface area contributed by atoms with Crippen molar-refractivity contribution in [3.8, 4) is 11.5 Å². The lowest BCUT2D eigenvalue weighted by atomic mass is 10.1. The van der Waals surface area contributed by atoms with E-state index < -0.39 is 0 Å². The summed E-state index contributed by atoms with van der Waals surface area (Å²) in [4.78, 5) is 12.2. The van der Waals surface area contributed by atoms with Crippen molar-refractivity contribution in [2.75, 3.05) is 13.6 Å². The van der Waals surface area contributed by atoms with Crippen LogP contribution >= 0.6 is 0 Å². The van der Waals surface area contributed by atoms with Gasteiger partial charge in [0.25, 0.3) is 0 Å². The number of H-pyrrole nitrogens is 1. The molecule has 0 amide bonds. The lowest BCUT2D eigenvalue weighted by Gasteiger charge is -2.10. The summed E-state index contributed by atoms with van der Waals surface area (Å²) in [5, 5.41) is 7.96. The molecule has 0 aliphatic heterocycles. The second-order valence-electron chi connectivity index (χ2n) is 7.33. The summed E-state index contributed by atoms with van der Waals surface area (Å²) >= 11 is 0. The highest BCUT2D eigenvalue weighted by molar-refractivity contribution is 5.83. The Labute approximate surface area is 176 Å². The van der Waals surface area contributed by atoms with Crippen LogP contribution in [-0.2, 0) is 13.0 Å². The number of para-hydroxylation sites is 1. The number of hydrogen-bond acceptors (Lipinski definition) is 3. The van der Waals surface area contributed by atoms with Crippen LogP contribution in [-0.4, -0.2) is 29.5 Å². The molecule has 2 aromatic carbocycles. The van der Waals surface area contributed by atoms with Crippen LogP contribution in [0.2, 0.25) is 0 Å². The molecular formula is C24H27N5O. The van der Waals surface area contributed by atoms with E-state index in [9.17, 15) is 0 Å². The Morgan fingerprint density at radius 2 is 1.93 bits per heavy atom. The number of nitrogens with one attached hydrogen (secondary N) is 3. The van der Waals surface area contributed by atoms with Gasteiger partial charge in [-0.25, -0.2) is 4.98 Å². The number of aromatic nitrogens is 2. The SMILES string of the molecule is CN=C(NCCCc1c[nH]c2ccccc12)NCc1coc(-c2ccc(C)cc2)n1. The van der Waals surface area contributed by atoms with Crippen molar-refractivity contribution in [3.63, 3.8) is 0 Å². The smallest absolute Gasteiger partial charge is 0.226 e. The third-order valence-corrected chi connectivity index (χ3v) is 5.10. The van der Waals surface area contributed by atoms with E-state index in [2.05, 4.69) is 75.1 Å². The van der Waals surface area contributed by atoms with Crippen LogP contribution in [0.3, 0.4) is 0 Å². The Balaban J connectivity index is 1.24. The van der Waals surface area contributed by atoms with E-state index in [0.29, 0.717) is 12.4 Å². The van der Waals surface area contributed by atoms with Gasteiger partial charge in [0, 0.05) is 36.3 Å². The fourth-order valence-corrected chi connectivity index (χ4v) is 3.44. The van der Waals surface area contributed by atoms with Crippen LogP contribution in [0, 0.1) is 6.92 Å². The molecule has 0 saturated carbocycles. The normalized spacial score (nSPS) is 11.7. The van der Waals surface area contributed by atoms with Gasteiger partial charge in [0.15, 0.2) is 5.96 Å². The van der Waals surface area contributed by atoms with E-state index in [-0.39, 0.29) is 0 Å². The van der Waals surface area contributed by atoms with E-state index in [4.69, 9.17) is 4.42 Å². The summed E-state index contributed by atoms with van der Waals surface area (Å²) < 4.78 is 5.62. The first kappa shape index (κ1) is 19.8. The molecule has 3 N–H and O–H groups in total. The lowest BCUT2D eigenvalue weighted by molar-refractivity contribution is 0.572. The predicted molar refractivity (Wildman–Crippen MR) is 121 cm³/mol. The molecule has 0 fully saturated rings. The minimum absolute atomic E-state index is 0.553. The van der Waals surface area contributed by atoms with Crippen molar-refractivity contribution < 1.29 is 4.42 Å². The molecule has 0 aliphatic carbocycles. The van der Waals surface area contributed by atoms with E-state index >= 15 is 0 Å². The Kier molecular flexibility index (Phi) is 6.13. The molecule has 6 nitrogen and oxygen atoms in total. The largest absolute Gasteiger partial charge is 0.444 e. The lowest BCUT2D eigenvalue weighted by Crippen LogP contribution is -2.37. The summed E-state index contributed by atoms with van der Waals surface area (Å²) in [5.41, 5.74) is 5.57. The highest BCUT2D eigenvalue weighted by Gasteiger charge is 2.08. The fourth-order valence-electron chi connectivity index (χ4n) is 3.44. The van der Waals surface area contributed by atoms with Gasteiger partial charge in [-0.05, 0) is 43.5 Å². The van der Waals surface area contributed by atoms with Crippen LogP contribution in [0.15, 0.2) is 70.4 Å². The minimum atomic E-state index is 0.553. The highest BCUT2D eigenvalue weighted by Crippen LogP contribution is 2.19. The number of aromatic amines is 1. The fraction of sp³-hybridized carbons (Fsp3) is 0.250. The zero-order valence-electron chi connectivity index (χ0n) is 17.4. The molecular weight excluding hydrogens is 374 g/mol. The Morgan fingerprint density at radius 3 is 2.77 bits per heavy atom. The Bertz CT molecular complexity index is 1120. The molecule has 0 atom stereocenters. The quantitative estimate of drug-likeness (QED) is 0.243. The standard InChI is InChI=1S/C24H27N5O/c1-17-9-11-18(12-10-17)23-29-20(16-30-23)15-28-24(25-2)26-13-5-6-19-14-27-22-8-4-3-7-21(19)22/h3-4,7-12,14,16,27H,5-6,13,15H2,1-2H3,(H2,25,26,28). The van der Waals surface area contributed by atoms with Crippen molar-refractivity contribution in [2.45, 2.75) is 26.3 Å². The number of aliphatic imine (C=N–C) groups is 1. The number of oxazole rings is 1. The molecule has 6 heteroatoms. The van der Waals surface area contributed by atoms with Crippen LogP contribution in [0.25, 0.3) is 22.4 Å². The molecule has 0 radical (unpaired) electrons. The summed E-state index contributed by atoms with van der Waals surface area (Å²) in [6, 6.07) is 16.6. The van der Waals surface area contributed by atoms with Gasteiger partial charge in [-0.1, -0.05) is 35.9 Å². The van der Waals surface area contributed by atoms with Crippen LogP contribution < -0.4 is 10.6 Å². The molecule has 154 valence electrons. The molecule has 0 saturated heterocycles. The maximum absolute atomic E-state index is 5.62. The molecule has 30 heavy (non-hydrogen) atoms. The molecule has 2 heterocycles. The summed E-state index contributed by atoms with van der Waals surface area (Å²) in [5.74, 6) is 1.39. The number of nitrogens with zero attached hydrogens (tertiary/aromatic N) is 2. The van der Waals surface area contributed by atoms with Crippen molar-refractivity contribution in [2.24, 2.45) is 4.99 Å². The number of aryl methyl sites for hydroxylation is 2. The Morgan fingerprint density at radius 1 is 1.10 bits per heavy atom. The molecule has 0 aliphatic rings. The number of fused-ring (bicyclic) bond motifs is 1. The second kappa shape index (κ2) is 9.31. The predicted octanol–water partition coefficient (Wildman–Crippen LogP) is 4.43. The van der Waals surface area contributed by atoms with Gasteiger partial charge in [0.05, 0.1) is 12.2 Å². The Hall–Kier alpha value is -3.54. The van der Waals surface area contributed by atoms with Gasteiger partial charge in [-0.3, -0.25) is 4.99 Å². The average Bonchev–Trinajstić information content (AvgIpc) is 3.41. The van der Waals surface area contributed by atoms with E-state index in [1.807, 2.05) is 12.1 Å². The number of guanidine groups is 1. The van der Waals surface area contributed by atoms with Crippen LogP contribution in [0.1, 0.15) is 23.2 Å². The molecule has 4 rings (SSSR count). The van der Waals surface area contributed by atoms with Crippen LogP contribution in [0.5, 0.6) is 0 Å². The maximum atomic E-state index is 5.62. The molecule has 0 unspecified atom stereocenters. The molecule has 2 aromatic heterocycles. The minimum Gasteiger partial charge on any atom is -0.444 e. The summed E-state index contributed by atoms with van der Waals surface area (Å²) in [6.45, 7) is 3.46. The number of benzene rings is 2. The third kappa shape index (κ3) is 4.71.